The second-order valence-corrected chi connectivity index (χ2v) is 6.44. The van der Waals surface area contributed by atoms with Gasteiger partial charge in [-0.15, -0.1) is 0 Å². The van der Waals surface area contributed by atoms with Crippen molar-refractivity contribution < 1.29 is 5.11 Å². The van der Waals surface area contributed by atoms with Gasteiger partial charge in [0.1, 0.15) is 5.75 Å². The number of rotatable bonds is 4. The van der Waals surface area contributed by atoms with E-state index in [4.69, 9.17) is 0 Å². The van der Waals surface area contributed by atoms with E-state index in [2.05, 4.69) is 38.8 Å². The molecule has 2 atom stereocenters. The maximum atomic E-state index is 9.63. The van der Waals surface area contributed by atoms with Crippen LogP contribution in [0.3, 0.4) is 0 Å². The zero-order valence-corrected chi connectivity index (χ0v) is 12.7. The van der Waals surface area contributed by atoms with Crippen LogP contribution in [0.15, 0.2) is 18.2 Å². The molecule has 2 unspecified atom stereocenters. The molecule has 0 fully saturated rings. The molecule has 0 bridgehead atoms. The highest BCUT2D eigenvalue weighted by molar-refractivity contribution is 5.38. The second-order valence-electron chi connectivity index (χ2n) is 6.44. The highest BCUT2D eigenvalue weighted by Gasteiger charge is 2.26. The standard InChI is InChI=1S/C17H27NO/c1-12(2)10-13(3)18(4)17-7-5-6-14-11-15(19)8-9-16(14)17/h8-9,11-13,17,19H,5-7,10H2,1-4H3. The fourth-order valence-corrected chi connectivity index (χ4v) is 3.35. The van der Waals surface area contributed by atoms with Gasteiger partial charge >= 0.3 is 0 Å². The molecule has 0 spiro atoms. The van der Waals surface area contributed by atoms with Gasteiger partial charge in [0, 0.05) is 12.1 Å². The lowest BCUT2D eigenvalue weighted by Crippen LogP contribution is -2.35. The summed E-state index contributed by atoms with van der Waals surface area (Å²) in [7, 11) is 2.25. The molecule has 2 rings (SSSR count). The second kappa shape index (κ2) is 5.96. The molecule has 1 aromatic carbocycles. The van der Waals surface area contributed by atoms with Crippen LogP contribution in [0.5, 0.6) is 5.75 Å². The number of benzene rings is 1. The Balaban J connectivity index is 2.18. The monoisotopic (exact) mass is 261 g/mol. The molecule has 19 heavy (non-hydrogen) atoms. The molecule has 0 heterocycles. The smallest absolute Gasteiger partial charge is 0.115 e. The Morgan fingerprint density at radius 1 is 1.32 bits per heavy atom. The molecule has 0 amide bonds. The third-order valence-corrected chi connectivity index (χ3v) is 4.41. The highest BCUT2D eigenvalue weighted by atomic mass is 16.3. The lowest BCUT2D eigenvalue weighted by molar-refractivity contribution is 0.150. The fraction of sp³-hybridized carbons (Fsp3) is 0.647. The molecule has 0 aromatic heterocycles. The van der Waals surface area contributed by atoms with Crippen molar-refractivity contribution in [1.29, 1.82) is 0 Å². The molecule has 0 saturated carbocycles. The van der Waals surface area contributed by atoms with E-state index in [1.807, 2.05) is 12.1 Å². The largest absolute Gasteiger partial charge is 0.508 e. The fourth-order valence-electron chi connectivity index (χ4n) is 3.35. The van der Waals surface area contributed by atoms with Crippen molar-refractivity contribution >= 4 is 0 Å². The summed E-state index contributed by atoms with van der Waals surface area (Å²) in [5.41, 5.74) is 2.75. The van der Waals surface area contributed by atoms with Crippen molar-refractivity contribution in [3.63, 3.8) is 0 Å². The van der Waals surface area contributed by atoms with Gasteiger partial charge in [-0.05, 0) is 68.8 Å². The number of fused-ring (bicyclic) bond motifs is 1. The van der Waals surface area contributed by atoms with E-state index in [9.17, 15) is 5.11 Å². The van der Waals surface area contributed by atoms with Gasteiger partial charge in [0.2, 0.25) is 0 Å². The summed E-state index contributed by atoms with van der Waals surface area (Å²) in [6.07, 6.45) is 4.80. The maximum absolute atomic E-state index is 9.63. The molecule has 1 N–H and O–H groups in total. The third kappa shape index (κ3) is 3.30. The Morgan fingerprint density at radius 2 is 2.05 bits per heavy atom. The van der Waals surface area contributed by atoms with Gasteiger partial charge in [-0.3, -0.25) is 4.90 Å². The first-order chi connectivity index (χ1) is 8.99. The maximum Gasteiger partial charge on any atom is 0.115 e. The molecule has 0 radical (unpaired) electrons. The predicted molar refractivity (Wildman–Crippen MR) is 80.5 cm³/mol. The van der Waals surface area contributed by atoms with Crippen molar-refractivity contribution in [2.24, 2.45) is 5.92 Å². The van der Waals surface area contributed by atoms with Crippen LogP contribution >= 0.6 is 0 Å². The first-order valence-electron chi connectivity index (χ1n) is 7.52. The van der Waals surface area contributed by atoms with Crippen molar-refractivity contribution in [3.05, 3.63) is 29.3 Å². The van der Waals surface area contributed by atoms with Crippen LogP contribution in [0.1, 0.15) is 57.2 Å². The summed E-state index contributed by atoms with van der Waals surface area (Å²) < 4.78 is 0. The Bertz CT molecular complexity index is 427. The van der Waals surface area contributed by atoms with E-state index in [0.29, 0.717) is 17.8 Å². The Labute approximate surface area is 117 Å². The van der Waals surface area contributed by atoms with E-state index < -0.39 is 0 Å². The van der Waals surface area contributed by atoms with E-state index in [-0.39, 0.29) is 0 Å². The molecule has 106 valence electrons. The predicted octanol–water partition coefficient (Wildman–Crippen LogP) is 4.14. The number of aromatic hydroxyl groups is 1. The summed E-state index contributed by atoms with van der Waals surface area (Å²) in [5.74, 6) is 1.14. The first-order valence-corrected chi connectivity index (χ1v) is 7.52. The Kier molecular flexibility index (Phi) is 4.51. The zero-order valence-electron chi connectivity index (χ0n) is 12.7. The lowest BCUT2D eigenvalue weighted by atomic mass is 9.86. The summed E-state index contributed by atoms with van der Waals surface area (Å²) >= 11 is 0. The van der Waals surface area contributed by atoms with Gasteiger partial charge in [-0.2, -0.15) is 0 Å². The first kappa shape index (κ1) is 14.4. The lowest BCUT2D eigenvalue weighted by Gasteiger charge is -2.37. The summed E-state index contributed by atoms with van der Waals surface area (Å²) in [5, 5.41) is 9.63. The summed E-state index contributed by atoms with van der Waals surface area (Å²) in [6.45, 7) is 6.91. The van der Waals surface area contributed by atoms with Crippen molar-refractivity contribution in [2.45, 2.75) is 58.5 Å². The number of phenols is 1. The molecular formula is C17H27NO. The number of aryl methyl sites for hydroxylation is 1. The van der Waals surface area contributed by atoms with Gasteiger partial charge < -0.3 is 5.11 Å². The van der Waals surface area contributed by atoms with Crippen LogP contribution in [-0.4, -0.2) is 23.1 Å². The van der Waals surface area contributed by atoms with Gasteiger partial charge in [0.05, 0.1) is 0 Å². The van der Waals surface area contributed by atoms with E-state index in [1.54, 1.807) is 0 Å². The van der Waals surface area contributed by atoms with Gasteiger partial charge in [-0.1, -0.05) is 19.9 Å². The van der Waals surface area contributed by atoms with Crippen LogP contribution in [0.4, 0.5) is 0 Å². The average molecular weight is 261 g/mol. The average Bonchev–Trinajstić information content (AvgIpc) is 2.36. The molecule has 2 heteroatoms. The molecule has 1 aliphatic carbocycles. The number of nitrogens with zero attached hydrogens (tertiary/aromatic N) is 1. The van der Waals surface area contributed by atoms with Crippen LogP contribution in [0.25, 0.3) is 0 Å². The quantitative estimate of drug-likeness (QED) is 0.880. The van der Waals surface area contributed by atoms with Gasteiger partial charge in [0.15, 0.2) is 0 Å². The van der Waals surface area contributed by atoms with Crippen LogP contribution in [0, 0.1) is 5.92 Å². The van der Waals surface area contributed by atoms with Gasteiger partial charge in [0.25, 0.3) is 0 Å². The minimum atomic E-state index is 0.400. The summed E-state index contributed by atoms with van der Waals surface area (Å²) in [4.78, 5) is 2.52. The van der Waals surface area contributed by atoms with E-state index in [1.165, 1.54) is 30.4 Å². The van der Waals surface area contributed by atoms with Crippen LogP contribution in [-0.2, 0) is 6.42 Å². The molecule has 1 aliphatic rings. The zero-order chi connectivity index (χ0) is 14.0. The third-order valence-electron chi connectivity index (χ3n) is 4.41. The molecule has 0 aliphatic heterocycles. The molecule has 1 aromatic rings. The van der Waals surface area contributed by atoms with Crippen LogP contribution < -0.4 is 0 Å². The normalized spacial score (nSPS) is 20.6. The minimum Gasteiger partial charge on any atom is -0.508 e. The molecule has 0 saturated heterocycles. The minimum absolute atomic E-state index is 0.400. The Hall–Kier alpha value is -1.02. The SMILES string of the molecule is CC(C)CC(C)N(C)C1CCCc2cc(O)ccc21. The number of hydrogen-bond donors (Lipinski definition) is 1. The summed E-state index contributed by atoms with van der Waals surface area (Å²) in [6, 6.07) is 7.01. The molecular weight excluding hydrogens is 234 g/mol. The van der Waals surface area contributed by atoms with Crippen molar-refractivity contribution in [2.75, 3.05) is 7.05 Å². The number of hydrogen-bond acceptors (Lipinski definition) is 2. The van der Waals surface area contributed by atoms with Crippen LogP contribution in [0.2, 0.25) is 0 Å². The highest BCUT2D eigenvalue weighted by Crippen LogP contribution is 2.36. The van der Waals surface area contributed by atoms with E-state index in [0.717, 1.165) is 12.3 Å². The van der Waals surface area contributed by atoms with Crippen molar-refractivity contribution in [1.82, 2.24) is 4.90 Å². The van der Waals surface area contributed by atoms with Crippen molar-refractivity contribution in [3.8, 4) is 5.75 Å². The van der Waals surface area contributed by atoms with Gasteiger partial charge in [-0.25, -0.2) is 0 Å². The number of phenolic OH excluding ortho intramolecular Hbond substituents is 1. The Morgan fingerprint density at radius 3 is 2.74 bits per heavy atom. The van der Waals surface area contributed by atoms with E-state index >= 15 is 0 Å². The molecule has 2 nitrogen and oxygen atoms in total. The topological polar surface area (TPSA) is 23.5 Å².